The van der Waals surface area contributed by atoms with Gasteiger partial charge in [-0.1, -0.05) is 0 Å². The molecule has 23 heavy (non-hydrogen) atoms. The molecular formula is C14H25NO8. The van der Waals surface area contributed by atoms with Crippen LogP contribution >= 0.6 is 0 Å². The minimum absolute atomic E-state index is 0.474. The number of rotatable bonds is 5. The van der Waals surface area contributed by atoms with E-state index in [1.165, 1.54) is 6.92 Å². The van der Waals surface area contributed by atoms with Crippen molar-refractivity contribution in [3.63, 3.8) is 0 Å². The van der Waals surface area contributed by atoms with Crippen LogP contribution in [0.3, 0.4) is 0 Å². The van der Waals surface area contributed by atoms with Crippen molar-refractivity contribution in [2.24, 2.45) is 0 Å². The average Bonchev–Trinajstić information content (AvgIpc) is 2.39. The summed E-state index contributed by atoms with van der Waals surface area (Å²) in [4.78, 5) is 22.9. The quantitative estimate of drug-likeness (QED) is 0.436. The number of aliphatic hydroxyl groups is 3. The molecule has 5 atom stereocenters. The highest BCUT2D eigenvalue weighted by molar-refractivity contribution is 5.73. The van der Waals surface area contributed by atoms with Crippen LogP contribution in [-0.4, -0.2) is 76.7 Å². The van der Waals surface area contributed by atoms with E-state index in [0.29, 0.717) is 0 Å². The van der Waals surface area contributed by atoms with Crippen molar-refractivity contribution in [3.05, 3.63) is 0 Å². The molecule has 0 bridgehead atoms. The van der Waals surface area contributed by atoms with Gasteiger partial charge in [0.25, 0.3) is 0 Å². The summed E-state index contributed by atoms with van der Waals surface area (Å²) in [5.74, 6) is -1.13. The van der Waals surface area contributed by atoms with Crippen LogP contribution in [0.2, 0.25) is 0 Å². The molecule has 1 aliphatic heterocycles. The topological polar surface area (TPSA) is 135 Å². The maximum Gasteiger partial charge on any atom is 0.332 e. The molecule has 0 radical (unpaired) electrons. The fourth-order valence-electron chi connectivity index (χ4n) is 2.21. The normalized spacial score (nSPS) is 31.5. The highest BCUT2D eigenvalue weighted by atomic mass is 16.6. The first-order chi connectivity index (χ1) is 10.5. The van der Waals surface area contributed by atoms with Crippen LogP contribution in [0.5, 0.6) is 0 Å². The van der Waals surface area contributed by atoms with E-state index in [1.807, 2.05) is 0 Å². The van der Waals surface area contributed by atoms with Gasteiger partial charge in [-0.05, 0) is 20.8 Å². The summed E-state index contributed by atoms with van der Waals surface area (Å²) in [6.45, 7) is 5.26. The fraction of sp³-hybridized carbons (Fsp3) is 0.857. The molecule has 0 aliphatic carbocycles. The van der Waals surface area contributed by atoms with Gasteiger partial charge in [0, 0.05) is 6.92 Å². The van der Waals surface area contributed by atoms with Crippen LogP contribution in [0.15, 0.2) is 0 Å². The van der Waals surface area contributed by atoms with Crippen LogP contribution in [0.4, 0.5) is 0 Å². The maximum absolute atomic E-state index is 11.7. The maximum atomic E-state index is 11.7. The highest BCUT2D eigenvalue weighted by Gasteiger charge is 2.46. The molecule has 1 aliphatic rings. The van der Waals surface area contributed by atoms with Crippen molar-refractivity contribution >= 4 is 11.9 Å². The van der Waals surface area contributed by atoms with Crippen LogP contribution in [0.1, 0.15) is 27.7 Å². The largest absolute Gasteiger partial charge is 0.458 e. The number of aliphatic hydroxyl groups excluding tert-OH is 3. The molecule has 0 unspecified atom stereocenters. The molecule has 1 saturated heterocycles. The molecular weight excluding hydrogens is 310 g/mol. The Morgan fingerprint density at radius 1 is 1.26 bits per heavy atom. The van der Waals surface area contributed by atoms with E-state index in [1.54, 1.807) is 20.8 Å². The van der Waals surface area contributed by atoms with Gasteiger partial charge in [-0.3, -0.25) is 4.79 Å². The number of hydrogen-bond donors (Lipinski definition) is 4. The standard InChI is InChI=1S/C14H25NO8/c1-7(17)15-10-12(11(19)8(5-16)22-13(10)20)21-6-9(18)23-14(2,3)4/h8,10-13,16,19-20H,5-6H2,1-4H3,(H,15,17)/t8-,10-,11+,12+,13+/m0/s1. The van der Waals surface area contributed by atoms with E-state index in [9.17, 15) is 19.8 Å². The Labute approximate surface area is 134 Å². The molecule has 9 heteroatoms. The number of ether oxygens (including phenoxy) is 3. The van der Waals surface area contributed by atoms with Crippen molar-refractivity contribution < 1.29 is 39.1 Å². The summed E-state index contributed by atoms with van der Waals surface area (Å²) in [6.07, 6.45) is -5.09. The Morgan fingerprint density at radius 2 is 1.87 bits per heavy atom. The zero-order valence-electron chi connectivity index (χ0n) is 13.7. The van der Waals surface area contributed by atoms with Crippen LogP contribution < -0.4 is 5.32 Å². The number of hydrogen-bond acceptors (Lipinski definition) is 8. The minimum Gasteiger partial charge on any atom is -0.458 e. The number of carbonyl (C=O) groups excluding carboxylic acids is 2. The van der Waals surface area contributed by atoms with Gasteiger partial charge in [0.2, 0.25) is 5.91 Å². The summed E-state index contributed by atoms with van der Waals surface area (Å²) >= 11 is 0. The molecule has 1 rings (SSSR count). The first-order valence-electron chi connectivity index (χ1n) is 7.28. The van der Waals surface area contributed by atoms with Gasteiger partial charge in [0.1, 0.15) is 36.6 Å². The van der Waals surface area contributed by atoms with Crippen LogP contribution in [-0.2, 0) is 23.8 Å². The van der Waals surface area contributed by atoms with Crippen molar-refractivity contribution in [2.75, 3.05) is 13.2 Å². The third kappa shape index (κ3) is 6.04. The van der Waals surface area contributed by atoms with Gasteiger partial charge in [-0.2, -0.15) is 0 Å². The summed E-state index contributed by atoms with van der Waals surface area (Å²) in [5.41, 5.74) is -0.696. The van der Waals surface area contributed by atoms with E-state index >= 15 is 0 Å². The number of carbonyl (C=O) groups is 2. The average molecular weight is 335 g/mol. The number of esters is 1. The van der Waals surface area contributed by atoms with E-state index < -0.39 is 61.3 Å². The molecule has 0 saturated carbocycles. The smallest absolute Gasteiger partial charge is 0.332 e. The molecule has 0 aromatic carbocycles. The zero-order chi connectivity index (χ0) is 17.8. The Balaban J connectivity index is 2.77. The zero-order valence-corrected chi connectivity index (χ0v) is 13.7. The van der Waals surface area contributed by atoms with Crippen LogP contribution in [0, 0.1) is 0 Å². The summed E-state index contributed by atoms with van der Waals surface area (Å²) in [7, 11) is 0. The molecule has 0 aromatic rings. The second kappa shape index (κ2) is 8.02. The van der Waals surface area contributed by atoms with E-state index in [2.05, 4.69) is 5.32 Å². The molecule has 0 aromatic heterocycles. The Morgan fingerprint density at radius 3 is 2.35 bits per heavy atom. The Kier molecular flexibility index (Phi) is 6.90. The van der Waals surface area contributed by atoms with E-state index in [-0.39, 0.29) is 0 Å². The Bertz CT molecular complexity index is 421. The molecule has 134 valence electrons. The van der Waals surface area contributed by atoms with E-state index in [0.717, 1.165) is 0 Å². The van der Waals surface area contributed by atoms with Gasteiger partial charge in [-0.25, -0.2) is 4.79 Å². The molecule has 1 fully saturated rings. The second-order valence-electron chi connectivity index (χ2n) is 6.33. The Hall–Kier alpha value is -1.26. The lowest BCUT2D eigenvalue weighted by Crippen LogP contribution is -2.65. The van der Waals surface area contributed by atoms with Crippen molar-refractivity contribution in [3.8, 4) is 0 Å². The van der Waals surface area contributed by atoms with Gasteiger partial charge in [-0.15, -0.1) is 0 Å². The van der Waals surface area contributed by atoms with Gasteiger partial charge < -0.3 is 34.8 Å². The van der Waals surface area contributed by atoms with Gasteiger partial charge in [0.15, 0.2) is 6.29 Å². The first-order valence-corrected chi connectivity index (χ1v) is 7.28. The van der Waals surface area contributed by atoms with Crippen molar-refractivity contribution in [1.29, 1.82) is 0 Å². The van der Waals surface area contributed by atoms with Gasteiger partial charge >= 0.3 is 5.97 Å². The molecule has 9 nitrogen and oxygen atoms in total. The second-order valence-corrected chi connectivity index (χ2v) is 6.33. The fourth-order valence-corrected chi connectivity index (χ4v) is 2.21. The lowest BCUT2D eigenvalue weighted by Gasteiger charge is -2.42. The predicted octanol–water partition coefficient (Wildman–Crippen LogP) is -1.71. The molecule has 0 spiro atoms. The minimum atomic E-state index is -1.50. The lowest BCUT2D eigenvalue weighted by atomic mass is 9.96. The summed E-state index contributed by atoms with van der Waals surface area (Å²) in [5, 5.41) is 31.6. The monoisotopic (exact) mass is 335 g/mol. The lowest BCUT2D eigenvalue weighted by molar-refractivity contribution is -0.262. The molecule has 1 heterocycles. The third-order valence-electron chi connectivity index (χ3n) is 3.06. The van der Waals surface area contributed by atoms with E-state index in [4.69, 9.17) is 19.3 Å². The number of nitrogens with one attached hydrogen (secondary N) is 1. The predicted molar refractivity (Wildman–Crippen MR) is 77.2 cm³/mol. The summed E-state index contributed by atoms with van der Waals surface area (Å²) in [6, 6.07) is -1.09. The highest BCUT2D eigenvalue weighted by Crippen LogP contribution is 2.22. The molecule has 1 amide bonds. The number of amides is 1. The van der Waals surface area contributed by atoms with Gasteiger partial charge in [0.05, 0.1) is 6.61 Å². The third-order valence-corrected chi connectivity index (χ3v) is 3.06. The summed E-state index contributed by atoms with van der Waals surface area (Å²) < 4.78 is 15.4. The van der Waals surface area contributed by atoms with Crippen LogP contribution in [0.25, 0.3) is 0 Å². The molecule has 4 N–H and O–H groups in total. The SMILES string of the molecule is CC(=O)N[C@H]1[C@@H](OCC(=O)OC(C)(C)C)[C@H](O)[C@H](CO)O[C@H]1O. The van der Waals surface area contributed by atoms with Crippen molar-refractivity contribution in [1.82, 2.24) is 5.32 Å². The first kappa shape index (κ1) is 19.8. The van der Waals surface area contributed by atoms with Crippen molar-refractivity contribution in [2.45, 2.75) is 63.9 Å².